The van der Waals surface area contributed by atoms with Crippen LogP contribution < -0.4 is 5.73 Å². The van der Waals surface area contributed by atoms with E-state index in [0.29, 0.717) is 11.7 Å². The molecule has 2 heterocycles. The number of nitrogens with zero attached hydrogens (tertiary/aromatic N) is 3. The second-order valence-corrected chi connectivity index (χ2v) is 7.18. The lowest BCUT2D eigenvalue weighted by atomic mass is 9.98. The van der Waals surface area contributed by atoms with Gasteiger partial charge in [-0.05, 0) is 31.9 Å². The van der Waals surface area contributed by atoms with Gasteiger partial charge < -0.3 is 10.3 Å². The molecule has 7 heteroatoms. The molecule has 0 atom stereocenters. The first-order valence-electron chi connectivity index (χ1n) is 7.80. The molecule has 1 aliphatic carbocycles. The van der Waals surface area contributed by atoms with Crippen LogP contribution in [0.2, 0.25) is 0 Å². The minimum absolute atomic E-state index is 0. The molecule has 0 unspecified atom stereocenters. The van der Waals surface area contributed by atoms with Crippen molar-refractivity contribution in [3.63, 3.8) is 0 Å². The van der Waals surface area contributed by atoms with Crippen LogP contribution in [0.15, 0.2) is 34.2 Å². The zero-order valence-corrected chi connectivity index (χ0v) is 15.0. The van der Waals surface area contributed by atoms with Gasteiger partial charge in [0, 0.05) is 16.5 Å². The maximum atomic E-state index is 6.40. The second-order valence-electron chi connectivity index (χ2n) is 6.12. The molecule has 1 aromatic carbocycles. The van der Waals surface area contributed by atoms with E-state index in [-0.39, 0.29) is 12.4 Å². The first-order chi connectivity index (χ1) is 11.1. The van der Waals surface area contributed by atoms with Crippen LogP contribution in [0.25, 0.3) is 22.7 Å². The van der Waals surface area contributed by atoms with Crippen molar-refractivity contribution >= 4 is 23.7 Å². The monoisotopic (exact) mass is 362 g/mol. The number of rotatable bonds is 3. The summed E-state index contributed by atoms with van der Waals surface area (Å²) in [7, 11) is 0. The lowest BCUT2D eigenvalue weighted by Crippen LogP contribution is -2.34. The van der Waals surface area contributed by atoms with Crippen LogP contribution in [0, 0.1) is 6.92 Å². The van der Waals surface area contributed by atoms with Gasteiger partial charge in [0.25, 0.3) is 5.89 Å². The molecular weight excluding hydrogens is 344 g/mol. The van der Waals surface area contributed by atoms with Gasteiger partial charge in [-0.25, -0.2) is 4.98 Å². The summed E-state index contributed by atoms with van der Waals surface area (Å²) >= 11 is 1.64. The molecule has 0 aliphatic heterocycles. The molecule has 2 aromatic heterocycles. The maximum absolute atomic E-state index is 6.40. The minimum atomic E-state index is -0.425. The minimum Gasteiger partial charge on any atom is -0.334 e. The van der Waals surface area contributed by atoms with E-state index in [1.165, 1.54) is 0 Å². The standard InChI is InChI=1S/C17H18N4OS.ClH/c1-11-19-14(10-23-11)12-5-4-6-13(9-12)15-20-16(21-22-15)17(18)7-2-3-8-17;/h4-6,9-10H,2-3,7-8,18H2,1H3;1H. The molecule has 24 heavy (non-hydrogen) atoms. The number of nitrogens with two attached hydrogens (primary N) is 1. The highest BCUT2D eigenvalue weighted by atomic mass is 35.5. The summed E-state index contributed by atoms with van der Waals surface area (Å²) in [4.78, 5) is 9.08. The van der Waals surface area contributed by atoms with Gasteiger partial charge in [0.05, 0.1) is 16.2 Å². The van der Waals surface area contributed by atoms with Gasteiger partial charge >= 0.3 is 0 Å². The van der Waals surface area contributed by atoms with E-state index in [4.69, 9.17) is 10.3 Å². The summed E-state index contributed by atoms with van der Waals surface area (Å²) in [6, 6.07) is 8.02. The molecule has 4 rings (SSSR count). The number of benzene rings is 1. The molecule has 0 spiro atoms. The molecule has 2 N–H and O–H groups in total. The molecule has 0 bridgehead atoms. The van der Waals surface area contributed by atoms with Crippen molar-refractivity contribution in [2.45, 2.75) is 38.1 Å². The zero-order chi connectivity index (χ0) is 15.9. The Labute approximate surface area is 150 Å². The van der Waals surface area contributed by atoms with Gasteiger partial charge in [-0.3, -0.25) is 0 Å². The van der Waals surface area contributed by atoms with E-state index >= 15 is 0 Å². The third kappa shape index (κ3) is 3.09. The van der Waals surface area contributed by atoms with Gasteiger partial charge in [-0.2, -0.15) is 4.98 Å². The average molecular weight is 363 g/mol. The van der Waals surface area contributed by atoms with Crippen molar-refractivity contribution < 1.29 is 4.52 Å². The van der Waals surface area contributed by atoms with Crippen molar-refractivity contribution in [2.24, 2.45) is 5.73 Å². The van der Waals surface area contributed by atoms with Crippen LogP contribution >= 0.6 is 23.7 Å². The molecule has 0 radical (unpaired) electrons. The fourth-order valence-electron chi connectivity index (χ4n) is 3.08. The Kier molecular flexibility index (Phi) is 4.71. The first kappa shape index (κ1) is 17.1. The lowest BCUT2D eigenvalue weighted by Gasteiger charge is -2.17. The Balaban J connectivity index is 0.00000169. The molecule has 0 saturated heterocycles. The van der Waals surface area contributed by atoms with Crippen LogP contribution in [0.1, 0.15) is 36.5 Å². The van der Waals surface area contributed by atoms with Gasteiger partial charge in [0.1, 0.15) is 0 Å². The van der Waals surface area contributed by atoms with Gasteiger partial charge in [0.15, 0.2) is 5.82 Å². The Morgan fingerprint density at radius 1 is 1.17 bits per heavy atom. The SMILES string of the molecule is Cc1nc(-c2cccc(-c3nc(C4(N)CCCC4)no3)c2)cs1.Cl. The number of halogens is 1. The molecule has 5 nitrogen and oxygen atoms in total. The molecule has 126 valence electrons. The Morgan fingerprint density at radius 2 is 1.92 bits per heavy atom. The number of aryl methyl sites for hydroxylation is 1. The summed E-state index contributed by atoms with van der Waals surface area (Å²) in [6.45, 7) is 2.00. The summed E-state index contributed by atoms with van der Waals surface area (Å²) in [6.07, 6.45) is 4.09. The fraction of sp³-hybridized carbons (Fsp3) is 0.353. The van der Waals surface area contributed by atoms with Crippen LogP contribution in [-0.4, -0.2) is 15.1 Å². The first-order valence-corrected chi connectivity index (χ1v) is 8.68. The summed E-state index contributed by atoms with van der Waals surface area (Å²) < 4.78 is 5.47. The molecule has 1 saturated carbocycles. The predicted octanol–water partition coefficient (Wildman–Crippen LogP) is 4.32. The highest BCUT2D eigenvalue weighted by Crippen LogP contribution is 2.35. The second kappa shape index (κ2) is 6.63. The quantitative estimate of drug-likeness (QED) is 0.750. The van der Waals surface area contributed by atoms with Gasteiger partial charge in [0.2, 0.25) is 0 Å². The Morgan fingerprint density at radius 3 is 2.62 bits per heavy atom. The maximum Gasteiger partial charge on any atom is 0.258 e. The third-order valence-electron chi connectivity index (χ3n) is 4.39. The van der Waals surface area contributed by atoms with E-state index in [0.717, 1.165) is 47.5 Å². The topological polar surface area (TPSA) is 77.8 Å². The van der Waals surface area contributed by atoms with Crippen molar-refractivity contribution in [2.75, 3.05) is 0 Å². The van der Waals surface area contributed by atoms with E-state index in [9.17, 15) is 0 Å². The predicted molar refractivity (Wildman–Crippen MR) is 97.2 cm³/mol. The summed E-state index contributed by atoms with van der Waals surface area (Å²) in [5.41, 5.74) is 8.90. The van der Waals surface area contributed by atoms with Crippen molar-refractivity contribution in [1.29, 1.82) is 0 Å². The largest absolute Gasteiger partial charge is 0.334 e. The van der Waals surface area contributed by atoms with E-state index < -0.39 is 5.54 Å². The van der Waals surface area contributed by atoms with E-state index in [1.807, 2.05) is 31.2 Å². The highest BCUT2D eigenvalue weighted by molar-refractivity contribution is 7.09. The smallest absolute Gasteiger partial charge is 0.258 e. The summed E-state index contributed by atoms with van der Waals surface area (Å²) in [5.74, 6) is 1.14. The molecular formula is C17H19ClN4OS. The van der Waals surface area contributed by atoms with E-state index in [2.05, 4.69) is 20.5 Å². The van der Waals surface area contributed by atoms with E-state index in [1.54, 1.807) is 11.3 Å². The third-order valence-corrected chi connectivity index (χ3v) is 5.16. The zero-order valence-electron chi connectivity index (χ0n) is 13.4. The highest BCUT2D eigenvalue weighted by Gasteiger charge is 2.36. The van der Waals surface area contributed by atoms with Gasteiger partial charge in [-0.15, -0.1) is 23.7 Å². The molecule has 0 amide bonds. The van der Waals surface area contributed by atoms with Crippen molar-refractivity contribution in [1.82, 2.24) is 15.1 Å². The lowest BCUT2D eigenvalue weighted by molar-refractivity contribution is 0.372. The number of thiazole rings is 1. The van der Waals surface area contributed by atoms with Crippen LogP contribution in [0.5, 0.6) is 0 Å². The average Bonchev–Trinajstić information content (AvgIpc) is 3.28. The number of hydrogen-bond donors (Lipinski definition) is 1. The van der Waals surface area contributed by atoms with Crippen LogP contribution in [0.3, 0.4) is 0 Å². The molecule has 1 fully saturated rings. The Hall–Kier alpha value is -1.76. The van der Waals surface area contributed by atoms with Crippen LogP contribution in [0.4, 0.5) is 0 Å². The molecule has 3 aromatic rings. The fourth-order valence-corrected chi connectivity index (χ4v) is 3.70. The van der Waals surface area contributed by atoms with Gasteiger partial charge in [-0.1, -0.05) is 30.1 Å². The molecule has 1 aliphatic rings. The van der Waals surface area contributed by atoms with Crippen LogP contribution in [-0.2, 0) is 5.54 Å². The van der Waals surface area contributed by atoms with Crippen molar-refractivity contribution in [3.05, 3.63) is 40.5 Å². The normalized spacial score (nSPS) is 16.1. The number of hydrogen-bond acceptors (Lipinski definition) is 6. The Bertz CT molecular complexity index is 838. The number of aromatic nitrogens is 3. The summed E-state index contributed by atoms with van der Waals surface area (Å²) in [5, 5.41) is 7.24. The van der Waals surface area contributed by atoms with Crippen molar-refractivity contribution in [3.8, 4) is 22.7 Å².